The van der Waals surface area contributed by atoms with Crippen LogP contribution in [-0.4, -0.2) is 22.7 Å². The Morgan fingerprint density at radius 1 is 1.20 bits per heavy atom. The average molecular weight is 339 g/mol. The number of benzene rings is 1. The van der Waals surface area contributed by atoms with E-state index in [4.69, 9.17) is 0 Å². The van der Waals surface area contributed by atoms with E-state index in [2.05, 4.69) is 21.2 Å². The number of hydrogen-bond acceptors (Lipinski definition) is 3. The van der Waals surface area contributed by atoms with Gasteiger partial charge in [0.25, 0.3) is 0 Å². The Morgan fingerprint density at radius 3 is 2.45 bits per heavy atom. The highest BCUT2D eigenvalue weighted by Crippen LogP contribution is 2.19. The maximum atomic E-state index is 12.2. The first-order valence-corrected chi connectivity index (χ1v) is 7.23. The number of nitrogens with zero attached hydrogens (tertiary/aromatic N) is 1. The van der Waals surface area contributed by atoms with Gasteiger partial charge in [-0.2, -0.15) is 0 Å². The fraction of sp³-hybridized carbons (Fsp3) is 0.357. The van der Waals surface area contributed by atoms with Crippen LogP contribution in [0.1, 0.15) is 25.3 Å². The second-order valence-corrected chi connectivity index (χ2v) is 5.60. The summed E-state index contributed by atoms with van der Waals surface area (Å²) in [5, 5.41) is 2.24. The topological polar surface area (TPSA) is 66.5 Å². The van der Waals surface area contributed by atoms with Gasteiger partial charge in [0, 0.05) is 4.47 Å². The smallest absolute Gasteiger partial charge is 0.277 e. The van der Waals surface area contributed by atoms with E-state index in [1.807, 2.05) is 31.2 Å². The fourth-order valence-corrected chi connectivity index (χ4v) is 2.39. The molecule has 0 aliphatic carbocycles. The Balaban J connectivity index is 2.16. The first-order chi connectivity index (χ1) is 9.52. The van der Waals surface area contributed by atoms with Gasteiger partial charge in [-0.3, -0.25) is 19.8 Å². The van der Waals surface area contributed by atoms with E-state index in [0.29, 0.717) is 12.8 Å². The number of barbiturate groups is 1. The van der Waals surface area contributed by atoms with Crippen LogP contribution in [0.4, 0.5) is 4.79 Å². The van der Waals surface area contributed by atoms with Crippen LogP contribution in [0.3, 0.4) is 0 Å². The van der Waals surface area contributed by atoms with E-state index < -0.39 is 23.8 Å². The molecule has 1 atom stereocenters. The SMILES string of the molecule is CCCC1C(=O)NC(=O)N(Cc2ccc(Br)cc2)C1=O. The summed E-state index contributed by atoms with van der Waals surface area (Å²) in [5.41, 5.74) is 0.835. The number of carbonyl (C=O) groups is 3. The first kappa shape index (κ1) is 14.7. The predicted molar refractivity (Wildman–Crippen MR) is 76.6 cm³/mol. The lowest BCUT2D eigenvalue weighted by atomic mass is 9.99. The Labute approximate surface area is 125 Å². The molecule has 0 bridgehead atoms. The number of carbonyl (C=O) groups excluding carboxylic acids is 3. The molecule has 1 heterocycles. The molecule has 1 aliphatic rings. The van der Waals surface area contributed by atoms with Crippen LogP contribution in [0.5, 0.6) is 0 Å². The molecular formula is C14H15BrN2O3. The minimum absolute atomic E-state index is 0.172. The van der Waals surface area contributed by atoms with Crippen molar-refractivity contribution in [1.82, 2.24) is 10.2 Å². The van der Waals surface area contributed by atoms with Gasteiger partial charge in [-0.25, -0.2) is 4.79 Å². The molecular weight excluding hydrogens is 324 g/mol. The molecule has 0 saturated carbocycles. The van der Waals surface area contributed by atoms with E-state index in [1.54, 1.807) is 0 Å². The van der Waals surface area contributed by atoms with Gasteiger partial charge in [-0.15, -0.1) is 0 Å². The Morgan fingerprint density at radius 2 is 1.85 bits per heavy atom. The molecule has 6 heteroatoms. The van der Waals surface area contributed by atoms with Crippen molar-refractivity contribution < 1.29 is 14.4 Å². The van der Waals surface area contributed by atoms with Gasteiger partial charge in [0.05, 0.1) is 6.54 Å². The van der Waals surface area contributed by atoms with Crippen molar-refractivity contribution in [3.63, 3.8) is 0 Å². The summed E-state index contributed by atoms with van der Waals surface area (Å²) >= 11 is 3.33. The highest BCUT2D eigenvalue weighted by molar-refractivity contribution is 9.10. The molecule has 0 radical (unpaired) electrons. The third-order valence-corrected chi connectivity index (χ3v) is 3.72. The van der Waals surface area contributed by atoms with Crippen molar-refractivity contribution in [2.45, 2.75) is 26.3 Å². The third kappa shape index (κ3) is 3.07. The van der Waals surface area contributed by atoms with Crippen LogP contribution in [-0.2, 0) is 16.1 Å². The minimum Gasteiger partial charge on any atom is -0.277 e. The summed E-state index contributed by atoms with van der Waals surface area (Å²) < 4.78 is 0.926. The molecule has 1 unspecified atom stereocenters. The minimum atomic E-state index is -0.756. The van der Waals surface area contributed by atoms with E-state index >= 15 is 0 Å². The van der Waals surface area contributed by atoms with Crippen molar-refractivity contribution in [2.75, 3.05) is 0 Å². The normalized spacial score (nSPS) is 19.2. The summed E-state index contributed by atoms with van der Waals surface area (Å²) in [4.78, 5) is 36.8. The largest absolute Gasteiger partial charge is 0.331 e. The molecule has 5 nitrogen and oxygen atoms in total. The number of amides is 4. The second-order valence-electron chi connectivity index (χ2n) is 4.69. The number of imide groups is 2. The number of hydrogen-bond donors (Lipinski definition) is 1. The van der Waals surface area contributed by atoms with Crippen LogP contribution < -0.4 is 5.32 Å². The number of halogens is 1. The van der Waals surface area contributed by atoms with Crippen molar-refractivity contribution in [3.8, 4) is 0 Å². The number of urea groups is 1. The standard InChI is InChI=1S/C14H15BrN2O3/c1-2-3-11-12(18)16-14(20)17(13(11)19)8-9-4-6-10(15)7-5-9/h4-7,11H,2-3,8H2,1H3,(H,16,18,20). The van der Waals surface area contributed by atoms with Crippen molar-refractivity contribution >= 4 is 33.8 Å². The van der Waals surface area contributed by atoms with E-state index in [0.717, 1.165) is 14.9 Å². The summed E-state index contributed by atoms with van der Waals surface area (Å²) in [7, 11) is 0. The Hall–Kier alpha value is -1.69. The third-order valence-electron chi connectivity index (χ3n) is 3.19. The van der Waals surface area contributed by atoms with Gasteiger partial charge in [0.15, 0.2) is 0 Å². The van der Waals surface area contributed by atoms with Gasteiger partial charge in [0.1, 0.15) is 5.92 Å². The summed E-state index contributed by atoms with van der Waals surface area (Å²) in [6, 6.07) is 6.70. The molecule has 20 heavy (non-hydrogen) atoms. The maximum absolute atomic E-state index is 12.2. The van der Waals surface area contributed by atoms with Gasteiger partial charge in [0.2, 0.25) is 11.8 Å². The lowest BCUT2D eigenvalue weighted by molar-refractivity contribution is -0.143. The highest BCUT2D eigenvalue weighted by Gasteiger charge is 2.39. The Bertz CT molecular complexity index is 542. The van der Waals surface area contributed by atoms with Crippen molar-refractivity contribution in [3.05, 3.63) is 34.3 Å². The molecule has 1 aromatic rings. The lowest BCUT2D eigenvalue weighted by Gasteiger charge is -2.30. The summed E-state index contributed by atoms with van der Waals surface area (Å²) in [6.07, 6.45) is 1.17. The molecule has 1 saturated heterocycles. The average Bonchev–Trinajstić information content (AvgIpc) is 2.41. The van der Waals surface area contributed by atoms with E-state index in [-0.39, 0.29) is 6.54 Å². The zero-order chi connectivity index (χ0) is 14.7. The fourth-order valence-electron chi connectivity index (χ4n) is 2.13. The van der Waals surface area contributed by atoms with Gasteiger partial charge in [-0.05, 0) is 24.1 Å². The molecule has 0 spiro atoms. The van der Waals surface area contributed by atoms with Crippen LogP contribution in [0.25, 0.3) is 0 Å². The van der Waals surface area contributed by atoms with Crippen LogP contribution in [0.2, 0.25) is 0 Å². The zero-order valence-electron chi connectivity index (χ0n) is 11.1. The lowest BCUT2D eigenvalue weighted by Crippen LogP contribution is -2.57. The molecule has 0 aromatic heterocycles. The predicted octanol–water partition coefficient (Wildman–Crippen LogP) is 2.44. The molecule has 4 amide bonds. The Kier molecular flexibility index (Phi) is 4.54. The van der Waals surface area contributed by atoms with Crippen LogP contribution in [0.15, 0.2) is 28.7 Å². The van der Waals surface area contributed by atoms with E-state index in [1.165, 1.54) is 0 Å². The maximum Gasteiger partial charge on any atom is 0.331 e. The molecule has 1 N–H and O–H groups in total. The number of nitrogens with one attached hydrogen (secondary N) is 1. The van der Waals surface area contributed by atoms with Crippen LogP contribution >= 0.6 is 15.9 Å². The van der Waals surface area contributed by atoms with E-state index in [9.17, 15) is 14.4 Å². The zero-order valence-corrected chi connectivity index (χ0v) is 12.6. The summed E-state index contributed by atoms with van der Waals surface area (Å²) in [5.74, 6) is -1.66. The second kappa shape index (κ2) is 6.17. The monoisotopic (exact) mass is 338 g/mol. The quantitative estimate of drug-likeness (QED) is 0.857. The molecule has 1 aromatic carbocycles. The van der Waals surface area contributed by atoms with Gasteiger partial charge in [-0.1, -0.05) is 41.4 Å². The highest BCUT2D eigenvalue weighted by atomic mass is 79.9. The van der Waals surface area contributed by atoms with Crippen LogP contribution in [0, 0.1) is 5.92 Å². The molecule has 2 rings (SSSR count). The van der Waals surface area contributed by atoms with Crippen molar-refractivity contribution in [2.24, 2.45) is 5.92 Å². The first-order valence-electron chi connectivity index (χ1n) is 6.43. The molecule has 1 aliphatic heterocycles. The summed E-state index contributed by atoms with van der Waals surface area (Å²) in [6.45, 7) is 2.07. The number of rotatable bonds is 4. The van der Waals surface area contributed by atoms with Gasteiger partial charge >= 0.3 is 6.03 Å². The molecule has 1 fully saturated rings. The van der Waals surface area contributed by atoms with Gasteiger partial charge < -0.3 is 0 Å². The molecule has 106 valence electrons. The van der Waals surface area contributed by atoms with Crippen molar-refractivity contribution in [1.29, 1.82) is 0 Å².